The van der Waals surface area contributed by atoms with E-state index in [1.807, 2.05) is 18.9 Å². The summed E-state index contributed by atoms with van der Waals surface area (Å²) in [6.45, 7) is 2.38. The van der Waals surface area contributed by atoms with Crippen LogP contribution < -0.4 is 5.32 Å². The molecule has 0 spiro atoms. The highest BCUT2D eigenvalue weighted by molar-refractivity contribution is 6.39. The SMILES string of the molecule is CC(c1ccccc1F)N(C)CCC(=O)Nc1c(Cl)cccc1Cl. The van der Waals surface area contributed by atoms with Crippen molar-refractivity contribution in [2.24, 2.45) is 0 Å². The van der Waals surface area contributed by atoms with Gasteiger partial charge in [0.25, 0.3) is 0 Å². The molecular weight excluding hydrogens is 350 g/mol. The third-order valence-corrected chi connectivity index (χ3v) is 4.57. The van der Waals surface area contributed by atoms with Gasteiger partial charge in [-0.15, -0.1) is 0 Å². The number of carbonyl (C=O) groups excluding carboxylic acids is 1. The number of amides is 1. The normalized spacial score (nSPS) is 12.2. The predicted molar refractivity (Wildman–Crippen MR) is 97.2 cm³/mol. The van der Waals surface area contributed by atoms with Crippen molar-refractivity contribution in [3.63, 3.8) is 0 Å². The van der Waals surface area contributed by atoms with Crippen LogP contribution >= 0.6 is 23.2 Å². The van der Waals surface area contributed by atoms with Crippen LogP contribution in [0, 0.1) is 5.82 Å². The van der Waals surface area contributed by atoms with E-state index in [0.29, 0.717) is 27.8 Å². The Labute approximate surface area is 151 Å². The Hall–Kier alpha value is -1.62. The Balaban J connectivity index is 1.93. The minimum absolute atomic E-state index is 0.136. The quantitative estimate of drug-likeness (QED) is 0.763. The summed E-state index contributed by atoms with van der Waals surface area (Å²) in [4.78, 5) is 14.0. The Morgan fingerprint density at radius 2 is 1.79 bits per heavy atom. The summed E-state index contributed by atoms with van der Waals surface area (Å²) in [5, 5.41) is 3.51. The average Bonchev–Trinajstić information content (AvgIpc) is 2.56. The van der Waals surface area contributed by atoms with Crippen molar-refractivity contribution < 1.29 is 9.18 Å². The molecule has 2 aromatic carbocycles. The van der Waals surface area contributed by atoms with Crippen molar-refractivity contribution >= 4 is 34.8 Å². The summed E-state index contributed by atoms with van der Waals surface area (Å²) in [6, 6.07) is 11.5. The molecule has 1 N–H and O–H groups in total. The minimum atomic E-state index is -0.246. The fourth-order valence-electron chi connectivity index (χ4n) is 2.34. The fourth-order valence-corrected chi connectivity index (χ4v) is 2.83. The number of hydrogen-bond donors (Lipinski definition) is 1. The molecule has 0 saturated carbocycles. The summed E-state index contributed by atoms with van der Waals surface area (Å²) in [5.41, 5.74) is 1.02. The molecular formula is C18H19Cl2FN2O. The first-order valence-corrected chi connectivity index (χ1v) is 8.34. The van der Waals surface area contributed by atoms with Gasteiger partial charge in [0, 0.05) is 24.6 Å². The lowest BCUT2D eigenvalue weighted by molar-refractivity contribution is -0.116. The molecule has 0 saturated heterocycles. The predicted octanol–water partition coefficient (Wildman–Crippen LogP) is 5.15. The first kappa shape index (κ1) is 18.7. The van der Waals surface area contributed by atoms with Crippen LogP contribution in [-0.2, 0) is 4.79 Å². The van der Waals surface area contributed by atoms with Gasteiger partial charge in [0.05, 0.1) is 15.7 Å². The molecule has 0 fully saturated rings. The van der Waals surface area contributed by atoms with E-state index in [-0.39, 0.29) is 24.2 Å². The van der Waals surface area contributed by atoms with Gasteiger partial charge in [-0.2, -0.15) is 0 Å². The number of carbonyl (C=O) groups is 1. The van der Waals surface area contributed by atoms with Crippen LogP contribution in [0.25, 0.3) is 0 Å². The van der Waals surface area contributed by atoms with Crippen molar-refractivity contribution in [2.45, 2.75) is 19.4 Å². The van der Waals surface area contributed by atoms with E-state index in [9.17, 15) is 9.18 Å². The van der Waals surface area contributed by atoms with Crippen molar-refractivity contribution in [1.29, 1.82) is 0 Å². The summed E-state index contributed by atoms with van der Waals surface area (Å²) >= 11 is 12.1. The average molecular weight is 369 g/mol. The van der Waals surface area contributed by atoms with Crippen LogP contribution in [0.15, 0.2) is 42.5 Å². The third kappa shape index (κ3) is 4.69. The van der Waals surface area contributed by atoms with Gasteiger partial charge in [-0.1, -0.05) is 47.5 Å². The van der Waals surface area contributed by atoms with Crippen molar-refractivity contribution in [3.05, 3.63) is 63.9 Å². The second-order valence-corrected chi connectivity index (χ2v) is 6.39. The lowest BCUT2D eigenvalue weighted by Gasteiger charge is -2.25. The maximum atomic E-state index is 13.8. The van der Waals surface area contributed by atoms with E-state index in [4.69, 9.17) is 23.2 Å². The van der Waals surface area contributed by atoms with Crippen molar-refractivity contribution in [1.82, 2.24) is 4.90 Å². The summed E-state index contributed by atoms with van der Waals surface area (Å²) < 4.78 is 13.8. The molecule has 0 aromatic heterocycles. The molecule has 2 aromatic rings. The Bertz CT molecular complexity index is 704. The van der Waals surface area contributed by atoms with Gasteiger partial charge < -0.3 is 5.32 Å². The summed E-state index contributed by atoms with van der Waals surface area (Å²) in [7, 11) is 1.85. The third-order valence-electron chi connectivity index (χ3n) is 3.94. The van der Waals surface area contributed by atoms with Gasteiger partial charge in [0.1, 0.15) is 5.82 Å². The highest BCUT2D eigenvalue weighted by atomic mass is 35.5. The number of benzene rings is 2. The highest BCUT2D eigenvalue weighted by Gasteiger charge is 2.16. The lowest BCUT2D eigenvalue weighted by atomic mass is 10.1. The number of nitrogens with zero attached hydrogens (tertiary/aromatic N) is 1. The lowest BCUT2D eigenvalue weighted by Crippen LogP contribution is -2.27. The topological polar surface area (TPSA) is 32.3 Å². The molecule has 2 rings (SSSR count). The number of para-hydroxylation sites is 1. The van der Waals surface area contributed by atoms with E-state index < -0.39 is 0 Å². The maximum Gasteiger partial charge on any atom is 0.225 e. The van der Waals surface area contributed by atoms with Gasteiger partial charge >= 0.3 is 0 Å². The molecule has 24 heavy (non-hydrogen) atoms. The highest BCUT2D eigenvalue weighted by Crippen LogP contribution is 2.30. The number of anilines is 1. The molecule has 0 aliphatic heterocycles. The molecule has 3 nitrogen and oxygen atoms in total. The van der Waals surface area contributed by atoms with Gasteiger partial charge in [-0.05, 0) is 32.2 Å². The number of rotatable bonds is 6. The second kappa shape index (κ2) is 8.47. The van der Waals surface area contributed by atoms with E-state index >= 15 is 0 Å². The standard InChI is InChI=1S/C18H19Cl2FN2O/c1-12(13-6-3-4-9-16(13)21)23(2)11-10-17(24)22-18-14(19)7-5-8-15(18)20/h3-9,12H,10-11H2,1-2H3,(H,22,24). The Kier molecular flexibility index (Phi) is 6.60. The number of nitrogens with one attached hydrogen (secondary N) is 1. The number of hydrogen-bond acceptors (Lipinski definition) is 2. The molecule has 0 radical (unpaired) electrons. The second-order valence-electron chi connectivity index (χ2n) is 5.57. The molecule has 1 unspecified atom stereocenters. The maximum absolute atomic E-state index is 13.8. The largest absolute Gasteiger partial charge is 0.324 e. The van der Waals surface area contributed by atoms with Crippen LogP contribution in [0.2, 0.25) is 10.0 Å². The molecule has 128 valence electrons. The molecule has 1 atom stereocenters. The van der Waals surface area contributed by atoms with E-state index in [1.165, 1.54) is 6.07 Å². The zero-order chi connectivity index (χ0) is 17.7. The molecule has 0 aliphatic carbocycles. The monoisotopic (exact) mass is 368 g/mol. The summed E-state index contributed by atoms with van der Waals surface area (Å²) in [5.74, 6) is -0.443. The molecule has 0 bridgehead atoms. The van der Waals surface area contributed by atoms with Crippen LogP contribution in [-0.4, -0.2) is 24.4 Å². The van der Waals surface area contributed by atoms with Crippen molar-refractivity contribution in [2.75, 3.05) is 18.9 Å². The first-order chi connectivity index (χ1) is 11.4. The summed E-state index contributed by atoms with van der Waals surface area (Å²) in [6.07, 6.45) is 0.247. The molecule has 6 heteroatoms. The molecule has 0 heterocycles. The first-order valence-electron chi connectivity index (χ1n) is 7.58. The van der Waals surface area contributed by atoms with E-state index in [1.54, 1.807) is 36.4 Å². The fraction of sp³-hybridized carbons (Fsp3) is 0.278. The minimum Gasteiger partial charge on any atom is -0.324 e. The molecule has 0 aliphatic rings. The van der Waals surface area contributed by atoms with Crippen molar-refractivity contribution in [3.8, 4) is 0 Å². The number of halogens is 3. The van der Waals surface area contributed by atoms with Crippen LogP contribution in [0.4, 0.5) is 10.1 Å². The van der Waals surface area contributed by atoms with Gasteiger partial charge in [0.15, 0.2) is 0 Å². The Morgan fingerprint density at radius 3 is 2.42 bits per heavy atom. The van der Waals surface area contributed by atoms with Crippen LogP contribution in [0.1, 0.15) is 24.9 Å². The smallest absolute Gasteiger partial charge is 0.225 e. The van der Waals surface area contributed by atoms with E-state index in [2.05, 4.69) is 5.32 Å². The van der Waals surface area contributed by atoms with E-state index in [0.717, 1.165) is 0 Å². The van der Waals surface area contributed by atoms with Gasteiger partial charge in [0.2, 0.25) is 5.91 Å². The van der Waals surface area contributed by atoms with Gasteiger partial charge in [-0.25, -0.2) is 4.39 Å². The van der Waals surface area contributed by atoms with Gasteiger partial charge in [-0.3, -0.25) is 9.69 Å². The zero-order valence-electron chi connectivity index (χ0n) is 13.5. The zero-order valence-corrected chi connectivity index (χ0v) is 15.0. The molecule has 1 amide bonds. The van der Waals surface area contributed by atoms with Crippen LogP contribution in [0.3, 0.4) is 0 Å². The Morgan fingerprint density at radius 1 is 1.17 bits per heavy atom. The van der Waals surface area contributed by atoms with Crippen LogP contribution in [0.5, 0.6) is 0 Å².